The van der Waals surface area contributed by atoms with Crippen LogP contribution in [0.3, 0.4) is 0 Å². The van der Waals surface area contributed by atoms with Crippen molar-refractivity contribution in [3.05, 3.63) is 71.9 Å². The lowest BCUT2D eigenvalue weighted by atomic mass is 9.47. The average Bonchev–Trinajstić information content (AvgIpc) is 3.83. The van der Waals surface area contributed by atoms with Gasteiger partial charge in [0.2, 0.25) is 5.60 Å². The van der Waals surface area contributed by atoms with Crippen LogP contribution >= 0.6 is 0 Å². The molecule has 1 saturated carbocycles. The van der Waals surface area contributed by atoms with Gasteiger partial charge in [-0.15, -0.1) is 0 Å². The number of hydrogen-bond donors (Lipinski definition) is 3. The predicted octanol–water partition coefficient (Wildman–Crippen LogP) is 3.26. The Labute approximate surface area is 298 Å². The number of likely N-dealkylation sites (N-methyl/N-ethyl adjacent to an activating group) is 1. The highest BCUT2D eigenvalue weighted by Gasteiger charge is 2.80. The zero-order valence-electron chi connectivity index (χ0n) is 29.9. The fourth-order valence-corrected chi connectivity index (χ4v) is 10.1. The molecule has 7 atom stereocenters. The van der Waals surface area contributed by atoms with Crippen molar-refractivity contribution < 1.29 is 38.4 Å². The molecule has 0 amide bonds. The molecule has 1 spiro atoms. The van der Waals surface area contributed by atoms with Gasteiger partial charge in [-0.2, -0.15) is 0 Å². The number of hydrogen-bond acceptors (Lipinski definition) is 11. The molecule has 272 valence electrons. The molecule has 4 aliphatic rings. The number of para-hydroxylation sites is 1. The van der Waals surface area contributed by atoms with E-state index in [4.69, 9.17) is 18.9 Å². The van der Waals surface area contributed by atoms with Crippen LogP contribution in [0.4, 0.5) is 5.69 Å². The van der Waals surface area contributed by atoms with E-state index >= 15 is 0 Å². The van der Waals surface area contributed by atoms with E-state index in [2.05, 4.69) is 33.4 Å². The number of aromatic amines is 1. The topological polar surface area (TPSA) is 143 Å². The van der Waals surface area contributed by atoms with Gasteiger partial charge in [0.25, 0.3) is 0 Å². The Hall–Kier alpha value is -4.39. The molecule has 0 unspecified atom stereocenters. The van der Waals surface area contributed by atoms with E-state index in [-0.39, 0.29) is 12.5 Å². The number of aliphatic hydroxyl groups is 1. The summed E-state index contributed by atoms with van der Waals surface area (Å²) in [4.78, 5) is 48.3. The maximum atomic E-state index is 14.1. The van der Waals surface area contributed by atoms with Gasteiger partial charge in [-0.3, -0.25) is 14.5 Å². The monoisotopic (exact) mass is 700 g/mol. The molecule has 51 heavy (non-hydrogen) atoms. The molecule has 0 bridgehead atoms. The summed E-state index contributed by atoms with van der Waals surface area (Å²) < 4.78 is 22.4. The lowest BCUT2D eigenvalue weighted by molar-refractivity contribution is -0.229. The predicted molar refractivity (Wildman–Crippen MR) is 191 cm³/mol. The van der Waals surface area contributed by atoms with E-state index in [1.54, 1.807) is 7.11 Å². The molecule has 0 radical (unpaired) electrons. The summed E-state index contributed by atoms with van der Waals surface area (Å²) in [5.74, 6) is -1.10. The fraction of sp³-hybridized carbons (Fsp3) is 0.513. The second-order valence-electron chi connectivity index (χ2n) is 14.3. The molecule has 7 rings (SSSR count). The number of ether oxygens (including phenoxy) is 4. The number of esters is 3. The summed E-state index contributed by atoms with van der Waals surface area (Å²) in [5, 5.41) is 17.3. The molecule has 2 aromatic carbocycles. The van der Waals surface area contributed by atoms with E-state index in [0.717, 1.165) is 40.8 Å². The van der Waals surface area contributed by atoms with Crippen molar-refractivity contribution in [1.82, 2.24) is 15.2 Å². The fourth-order valence-electron chi connectivity index (χ4n) is 10.1. The largest absolute Gasteiger partial charge is 0.497 e. The minimum Gasteiger partial charge on any atom is -0.497 e. The second-order valence-corrected chi connectivity index (χ2v) is 14.3. The van der Waals surface area contributed by atoms with Gasteiger partial charge in [-0.05, 0) is 55.6 Å². The van der Waals surface area contributed by atoms with E-state index in [1.165, 1.54) is 14.2 Å². The molecular formula is C39H48N4O8. The molecule has 3 N–H and O–H groups in total. The summed E-state index contributed by atoms with van der Waals surface area (Å²) in [6.45, 7) is 3.84. The quantitative estimate of drug-likeness (QED) is 0.111. The summed E-state index contributed by atoms with van der Waals surface area (Å²) in [6, 6.07) is 12.3. The smallest absolute Gasteiger partial charge is 0.344 e. The van der Waals surface area contributed by atoms with Crippen molar-refractivity contribution in [2.45, 2.75) is 74.3 Å². The van der Waals surface area contributed by atoms with Gasteiger partial charge in [0, 0.05) is 72.2 Å². The summed E-state index contributed by atoms with van der Waals surface area (Å²) in [5.41, 5.74) is 0.129. The Bertz CT molecular complexity index is 1860. The van der Waals surface area contributed by atoms with Gasteiger partial charge < -0.3 is 39.3 Å². The zero-order valence-corrected chi connectivity index (χ0v) is 29.9. The Balaban J connectivity index is 1.15. The maximum Gasteiger partial charge on any atom is 0.344 e. The number of methoxy groups -OCH3 is 3. The summed E-state index contributed by atoms with van der Waals surface area (Å²) >= 11 is 0. The van der Waals surface area contributed by atoms with Crippen LogP contribution in [0.25, 0.3) is 10.9 Å². The summed E-state index contributed by atoms with van der Waals surface area (Å²) in [7, 11) is 6.11. The third-order valence-electron chi connectivity index (χ3n) is 12.1. The molecule has 1 saturated heterocycles. The number of nitrogens with one attached hydrogen (secondary N) is 2. The van der Waals surface area contributed by atoms with Crippen molar-refractivity contribution >= 4 is 34.5 Å². The first-order valence-electron chi connectivity index (χ1n) is 17.8. The Kier molecular flexibility index (Phi) is 9.14. The van der Waals surface area contributed by atoms with E-state index in [1.807, 2.05) is 61.5 Å². The molecule has 12 nitrogen and oxygen atoms in total. The van der Waals surface area contributed by atoms with E-state index in [0.29, 0.717) is 38.0 Å². The number of aromatic nitrogens is 1. The second kappa shape index (κ2) is 13.3. The number of carbonyl (C=O) groups excluding carboxylic acids is 3. The molecule has 4 heterocycles. The number of anilines is 1. The lowest BCUT2D eigenvalue weighted by Gasteiger charge is -2.63. The van der Waals surface area contributed by atoms with Crippen LogP contribution < -0.4 is 15.0 Å². The Morgan fingerprint density at radius 3 is 2.65 bits per heavy atom. The van der Waals surface area contributed by atoms with Crippen molar-refractivity contribution in [2.24, 2.45) is 5.41 Å². The Morgan fingerprint density at radius 2 is 1.90 bits per heavy atom. The van der Waals surface area contributed by atoms with Gasteiger partial charge in [0.1, 0.15) is 11.8 Å². The first-order chi connectivity index (χ1) is 24.6. The van der Waals surface area contributed by atoms with Crippen molar-refractivity contribution in [3.8, 4) is 5.75 Å². The average molecular weight is 701 g/mol. The molecule has 12 heteroatoms. The van der Waals surface area contributed by atoms with Gasteiger partial charge in [-0.1, -0.05) is 43.3 Å². The minimum absolute atomic E-state index is 0.00267. The van der Waals surface area contributed by atoms with Crippen LogP contribution in [-0.2, 0) is 40.4 Å². The minimum atomic E-state index is -2.21. The highest BCUT2D eigenvalue weighted by molar-refractivity contribution is 5.87. The highest BCUT2D eigenvalue weighted by Crippen LogP contribution is 2.67. The van der Waals surface area contributed by atoms with Crippen molar-refractivity contribution in [2.75, 3.05) is 52.9 Å². The maximum absolute atomic E-state index is 14.1. The van der Waals surface area contributed by atoms with Crippen LogP contribution in [-0.4, -0.2) is 111 Å². The molecule has 3 aliphatic heterocycles. The first kappa shape index (κ1) is 35.0. The highest BCUT2D eigenvalue weighted by atomic mass is 16.6. The molecule has 3 aromatic rings. The third-order valence-corrected chi connectivity index (χ3v) is 12.1. The number of H-pyrrole nitrogens is 1. The van der Waals surface area contributed by atoms with Crippen LogP contribution in [0, 0.1) is 5.41 Å². The van der Waals surface area contributed by atoms with E-state index < -0.39 is 52.5 Å². The third kappa shape index (κ3) is 5.16. The van der Waals surface area contributed by atoms with Gasteiger partial charge in [0.05, 0.1) is 27.4 Å². The van der Waals surface area contributed by atoms with Crippen molar-refractivity contribution in [1.29, 1.82) is 0 Å². The van der Waals surface area contributed by atoms with Crippen LogP contribution in [0.5, 0.6) is 5.75 Å². The molecule has 1 aliphatic carbocycles. The zero-order chi connectivity index (χ0) is 36.1. The van der Waals surface area contributed by atoms with Crippen LogP contribution in [0.2, 0.25) is 0 Å². The number of fused-ring (bicyclic) bond motifs is 2. The van der Waals surface area contributed by atoms with Gasteiger partial charge in [-0.25, -0.2) is 4.79 Å². The molecule has 2 fully saturated rings. The molecular weight excluding hydrogens is 652 g/mol. The van der Waals surface area contributed by atoms with Crippen LogP contribution in [0.1, 0.15) is 43.7 Å². The van der Waals surface area contributed by atoms with Crippen LogP contribution in [0.15, 0.2) is 60.8 Å². The number of nitrogens with zero attached hydrogens (tertiary/aromatic N) is 2. The number of rotatable bonds is 12. The first-order valence-corrected chi connectivity index (χ1v) is 17.8. The standard InChI is InChI=1S/C39H48N4O8/c1-6-37-16-10-19-43-20-17-38(33(37)43)27-15-14-25(48-3)22-30(27)42(2)34(38)39(47,36(46)50-5)35(37)51-31(44)13-9-18-40-29(32(45)49-4)21-24-23-41-28-12-8-7-11-26(24)28/h7-8,10-12,14-16,22-23,29,33-35,40-41,47H,6,9,13,17-21H2,1-5H3/t29-,33-,34+,35+,37+,38+,39-/m0/s1. The SMILES string of the molecule is CC[C@]12C=CCN3CC[C@@]4(c5ccc(OC)cc5N(C)[C@H]4[C@@](O)(C(=O)OC)[C@@H]1OC(=O)CCCN[C@@H](Cc1c[nH]c4ccccc14)C(=O)OC)[C@@H]32. The molecule has 1 aromatic heterocycles. The number of benzene rings is 2. The van der Waals surface area contributed by atoms with Crippen molar-refractivity contribution in [3.63, 3.8) is 0 Å². The summed E-state index contributed by atoms with van der Waals surface area (Å²) in [6.07, 6.45) is 6.79. The normalized spacial score (nSPS) is 29.6. The lowest BCUT2D eigenvalue weighted by Crippen LogP contribution is -2.81. The number of carbonyl (C=O) groups is 3. The Morgan fingerprint density at radius 1 is 1.10 bits per heavy atom. The van der Waals surface area contributed by atoms with Gasteiger partial charge >= 0.3 is 17.9 Å². The van der Waals surface area contributed by atoms with E-state index in [9.17, 15) is 19.5 Å². The van der Waals surface area contributed by atoms with Gasteiger partial charge in [0.15, 0.2) is 6.10 Å².